The summed E-state index contributed by atoms with van der Waals surface area (Å²) >= 11 is 3.34. The Bertz CT molecular complexity index is 514. The van der Waals surface area contributed by atoms with Crippen LogP contribution >= 0.6 is 15.9 Å². The van der Waals surface area contributed by atoms with E-state index in [1.807, 2.05) is 12.1 Å². The minimum Gasteiger partial charge on any atom is -0.383 e. The summed E-state index contributed by atoms with van der Waals surface area (Å²) in [5.41, 5.74) is 8.26. The molecule has 0 spiro atoms. The Kier molecular flexibility index (Phi) is 3.19. The first-order chi connectivity index (χ1) is 7.70. The summed E-state index contributed by atoms with van der Waals surface area (Å²) < 4.78 is 13.1. The molecule has 16 heavy (non-hydrogen) atoms. The van der Waals surface area contributed by atoms with E-state index in [0.717, 1.165) is 16.7 Å². The number of aromatic nitrogens is 1. The van der Waals surface area contributed by atoms with E-state index in [2.05, 4.69) is 20.9 Å². The third-order valence-corrected chi connectivity index (χ3v) is 2.91. The van der Waals surface area contributed by atoms with Gasteiger partial charge in [0.25, 0.3) is 0 Å². The zero-order valence-corrected chi connectivity index (χ0v) is 10.0. The summed E-state index contributed by atoms with van der Waals surface area (Å²) in [4.78, 5) is 4.08. The quantitative estimate of drug-likeness (QED) is 0.857. The lowest BCUT2D eigenvalue weighted by atomic mass is 10.1. The number of hydrogen-bond acceptors (Lipinski definition) is 2. The molecule has 2 aromatic rings. The smallest absolute Gasteiger partial charge is 0.127 e. The van der Waals surface area contributed by atoms with Crippen molar-refractivity contribution in [1.82, 2.24) is 4.98 Å². The van der Waals surface area contributed by atoms with Gasteiger partial charge in [-0.25, -0.2) is 9.37 Å². The molecule has 0 fully saturated rings. The molecule has 2 rings (SSSR count). The number of benzene rings is 1. The number of alkyl halides is 1. The van der Waals surface area contributed by atoms with Crippen LogP contribution in [-0.4, -0.2) is 4.98 Å². The summed E-state index contributed by atoms with van der Waals surface area (Å²) in [6.07, 6.45) is 1.65. The van der Waals surface area contributed by atoms with Crippen molar-refractivity contribution >= 4 is 21.7 Å². The van der Waals surface area contributed by atoms with Crippen molar-refractivity contribution in [3.63, 3.8) is 0 Å². The first-order valence-electron chi connectivity index (χ1n) is 4.77. The number of nitrogens with zero attached hydrogens (tertiary/aromatic N) is 1. The maximum Gasteiger partial charge on any atom is 0.127 e. The van der Waals surface area contributed by atoms with Crippen LogP contribution in [0.15, 0.2) is 36.5 Å². The van der Waals surface area contributed by atoms with Crippen LogP contribution in [0.4, 0.5) is 10.2 Å². The number of halogens is 2. The number of nitrogen functional groups attached to an aromatic ring is 1. The molecular formula is C12H10BrFN2. The molecule has 0 unspecified atom stereocenters. The summed E-state index contributed by atoms with van der Waals surface area (Å²) in [6.45, 7) is 0. The molecule has 0 bridgehead atoms. The number of rotatable bonds is 2. The fourth-order valence-electron chi connectivity index (χ4n) is 1.45. The van der Waals surface area contributed by atoms with Crippen molar-refractivity contribution < 1.29 is 4.39 Å². The Morgan fingerprint density at radius 1 is 1.25 bits per heavy atom. The largest absolute Gasteiger partial charge is 0.383 e. The van der Waals surface area contributed by atoms with E-state index >= 15 is 0 Å². The van der Waals surface area contributed by atoms with Gasteiger partial charge >= 0.3 is 0 Å². The summed E-state index contributed by atoms with van der Waals surface area (Å²) in [5.74, 6) is 0.242. The van der Waals surface area contributed by atoms with Gasteiger partial charge < -0.3 is 5.73 Å². The molecule has 82 valence electrons. The third-order valence-electron chi connectivity index (χ3n) is 2.30. The van der Waals surface area contributed by atoms with Crippen molar-refractivity contribution in [3.05, 3.63) is 47.9 Å². The fourth-order valence-corrected chi connectivity index (χ4v) is 1.90. The maximum absolute atomic E-state index is 13.1. The third kappa shape index (κ3) is 2.22. The molecule has 0 radical (unpaired) electrons. The molecule has 1 heterocycles. The van der Waals surface area contributed by atoms with Crippen LogP contribution in [0.5, 0.6) is 0 Å². The molecular weight excluding hydrogens is 271 g/mol. The highest BCUT2D eigenvalue weighted by Crippen LogP contribution is 2.23. The van der Waals surface area contributed by atoms with Crippen molar-refractivity contribution in [1.29, 1.82) is 0 Å². The van der Waals surface area contributed by atoms with Gasteiger partial charge in [-0.3, -0.25) is 0 Å². The molecule has 0 atom stereocenters. The first-order valence-corrected chi connectivity index (χ1v) is 5.89. The number of hydrogen-bond donors (Lipinski definition) is 1. The van der Waals surface area contributed by atoms with Crippen molar-refractivity contribution in [2.45, 2.75) is 5.33 Å². The van der Waals surface area contributed by atoms with E-state index in [-0.39, 0.29) is 5.82 Å². The van der Waals surface area contributed by atoms with E-state index in [0.29, 0.717) is 11.1 Å². The van der Waals surface area contributed by atoms with Crippen molar-refractivity contribution in [2.24, 2.45) is 0 Å². The molecule has 1 aromatic heterocycles. The predicted molar refractivity (Wildman–Crippen MR) is 66.7 cm³/mol. The van der Waals surface area contributed by atoms with Crippen LogP contribution in [0.1, 0.15) is 5.56 Å². The highest BCUT2D eigenvalue weighted by Gasteiger charge is 2.04. The van der Waals surface area contributed by atoms with Crippen molar-refractivity contribution in [3.8, 4) is 11.1 Å². The summed E-state index contributed by atoms with van der Waals surface area (Å²) in [5, 5.41) is 0.634. The van der Waals surface area contributed by atoms with Crippen LogP contribution < -0.4 is 5.73 Å². The predicted octanol–water partition coefficient (Wildman–Crippen LogP) is 3.36. The summed E-state index contributed by atoms with van der Waals surface area (Å²) in [6, 6.07) is 8.32. The molecule has 2 nitrogen and oxygen atoms in total. The van der Waals surface area contributed by atoms with Crippen LogP contribution in [0.2, 0.25) is 0 Å². The molecule has 0 amide bonds. The Balaban J connectivity index is 2.48. The molecule has 0 aliphatic rings. The maximum atomic E-state index is 13.1. The van der Waals surface area contributed by atoms with Crippen LogP contribution in [0.3, 0.4) is 0 Å². The van der Waals surface area contributed by atoms with Crippen LogP contribution in [0.25, 0.3) is 11.1 Å². The normalized spacial score (nSPS) is 10.4. The SMILES string of the molecule is Nc1ncc(-c2cccc(F)c2)cc1CBr. The van der Waals surface area contributed by atoms with Gasteiger partial charge in [0, 0.05) is 22.7 Å². The van der Waals surface area contributed by atoms with E-state index in [1.54, 1.807) is 12.3 Å². The zero-order chi connectivity index (χ0) is 11.5. The molecule has 4 heteroatoms. The van der Waals surface area contributed by atoms with E-state index in [1.165, 1.54) is 12.1 Å². The Labute approximate surface area is 101 Å². The first kappa shape index (κ1) is 11.1. The lowest BCUT2D eigenvalue weighted by Crippen LogP contribution is -1.96. The topological polar surface area (TPSA) is 38.9 Å². The number of anilines is 1. The molecule has 1 aromatic carbocycles. The lowest BCUT2D eigenvalue weighted by molar-refractivity contribution is 0.628. The van der Waals surface area contributed by atoms with Gasteiger partial charge in [0.1, 0.15) is 11.6 Å². The molecule has 0 saturated heterocycles. The van der Waals surface area contributed by atoms with Crippen molar-refractivity contribution in [2.75, 3.05) is 5.73 Å². The second kappa shape index (κ2) is 4.61. The highest BCUT2D eigenvalue weighted by molar-refractivity contribution is 9.08. The molecule has 0 aliphatic heterocycles. The average Bonchev–Trinajstić information content (AvgIpc) is 2.29. The van der Waals surface area contributed by atoms with Gasteiger partial charge in [-0.2, -0.15) is 0 Å². The number of pyridine rings is 1. The van der Waals surface area contributed by atoms with Gasteiger partial charge in [0.2, 0.25) is 0 Å². The number of nitrogens with two attached hydrogens (primary N) is 1. The van der Waals surface area contributed by atoms with Gasteiger partial charge in [-0.1, -0.05) is 28.1 Å². The minimum absolute atomic E-state index is 0.255. The monoisotopic (exact) mass is 280 g/mol. The second-order valence-electron chi connectivity index (χ2n) is 3.41. The van der Waals surface area contributed by atoms with E-state index < -0.39 is 0 Å². The lowest BCUT2D eigenvalue weighted by Gasteiger charge is -2.05. The summed E-state index contributed by atoms with van der Waals surface area (Å²) in [7, 11) is 0. The zero-order valence-electron chi connectivity index (χ0n) is 8.45. The minimum atomic E-state index is -0.255. The van der Waals surface area contributed by atoms with E-state index in [9.17, 15) is 4.39 Å². The van der Waals surface area contributed by atoms with Gasteiger partial charge in [-0.15, -0.1) is 0 Å². The average molecular weight is 281 g/mol. The Morgan fingerprint density at radius 3 is 2.75 bits per heavy atom. The van der Waals surface area contributed by atoms with Gasteiger partial charge in [-0.05, 0) is 23.8 Å². The van der Waals surface area contributed by atoms with E-state index in [4.69, 9.17) is 5.73 Å². The van der Waals surface area contributed by atoms with Crippen LogP contribution in [-0.2, 0) is 5.33 Å². The molecule has 0 saturated carbocycles. The van der Waals surface area contributed by atoms with Gasteiger partial charge in [0.05, 0.1) is 0 Å². The van der Waals surface area contributed by atoms with Gasteiger partial charge in [0.15, 0.2) is 0 Å². The Hall–Kier alpha value is -1.42. The molecule has 2 N–H and O–H groups in total. The second-order valence-corrected chi connectivity index (χ2v) is 3.97. The molecule has 0 aliphatic carbocycles. The highest BCUT2D eigenvalue weighted by atomic mass is 79.9. The van der Waals surface area contributed by atoms with Crippen LogP contribution in [0, 0.1) is 5.82 Å². The fraction of sp³-hybridized carbons (Fsp3) is 0.0833. The standard InChI is InChI=1S/C12H10BrFN2/c13-6-9-4-10(7-16-12(9)15)8-2-1-3-11(14)5-8/h1-5,7H,6H2,(H2,15,16). The Morgan fingerprint density at radius 2 is 2.06 bits per heavy atom.